The fourth-order valence-electron chi connectivity index (χ4n) is 3.57. The van der Waals surface area contributed by atoms with Crippen LogP contribution in [0.3, 0.4) is 0 Å². The predicted molar refractivity (Wildman–Crippen MR) is 104 cm³/mol. The first-order valence-electron chi connectivity index (χ1n) is 9.69. The Morgan fingerprint density at radius 2 is 1.58 bits per heavy atom. The van der Waals surface area contributed by atoms with Crippen LogP contribution in [0.25, 0.3) is 16.9 Å². The van der Waals surface area contributed by atoms with Crippen LogP contribution in [-0.2, 0) is 20.1 Å². The third-order valence-corrected chi connectivity index (χ3v) is 5.11. The van der Waals surface area contributed by atoms with Crippen LogP contribution in [0.2, 0.25) is 0 Å². The fourth-order valence-corrected chi connectivity index (χ4v) is 3.57. The molecule has 0 aliphatic rings. The van der Waals surface area contributed by atoms with Gasteiger partial charge in [-0.15, -0.1) is 0 Å². The van der Waals surface area contributed by atoms with Crippen molar-refractivity contribution in [2.45, 2.75) is 72.4 Å². The molecule has 0 spiro atoms. The highest BCUT2D eigenvalue weighted by atomic mass is 16.2. The molecule has 0 unspecified atom stereocenters. The van der Waals surface area contributed by atoms with Gasteiger partial charge in [-0.3, -0.25) is 18.3 Å². The molecule has 7 nitrogen and oxygen atoms in total. The van der Waals surface area contributed by atoms with E-state index in [2.05, 4.69) is 23.4 Å². The number of hydrogen-bond donors (Lipinski definition) is 0. The number of hydrogen-bond acceptors (Lipinski definition) is 3. The van der Waals surface area contributed by atoms with Gasteiger partial charge in [-0.1, -0.05) is 39.5 Å². The summed E-state index contributed by atoms with van der Waals surface area (Å²) in [4.78, 5) is 30.3. The molecule has 3 aromatic rings. The van der Waals surface area contributed by atoms with Gasteiger partial charge < -0.3 is 4.57 Å². The Bertz CT molecular complexity index is 1030. The van der Waals surface area contributed by atoms with Gasteiger partial charge in [0.2, 0.25) is 5.78 Å². The molecule has 0 bridgehead atoms. The molecule has 26 heavy (non-hydrogen) atoms. The molecule has 0 saturated heterocycles. The number of fused-ring (bicyclic) bond motifs is 3. The summed E-state index contributed by atoms with van der Waals surface area (Å²) in [5, 5.41) is 0. The van der Waals surface area contributed by atoms with Crippen molar-refractivity contribution < 1.29 is 0 Å². The number of unbranched alkanes of at least 4 members (excludes halogenated alkanes) is 4. The van der Waals surface area contributed by atoms with Crippen LogP contribution in [-0.4, -0.2) is 23.1 Å². The Morgan fingerprint density at radius 3 is 2.19 bits per heavy atom. The fraction of sp³-hybridized carbons (Fsp3) is 0.632. The van der Waals surface area contributed by atoms with E-state index < -0.39 is 0 Å². The minimum Gasteiger partial charge on any atom is -0.314 e. The second kappa shape index (κ2) is 7.51. The Balaban J connectivity index is 2.18. The topological polar surface area (TPSA) is 66.2 Å². The number of nitrogens with zero attached hydrogens (tertiary/aromatic N) is 5. The monoisotopic (exact) mass is 359 g/mol. The molecular formula is C19H29N5O2. The summed E-state index contributed by atoms with van der Waals surface area (Å²) in [5.41, 5.74) is 1.52. The lowest BCUT2D eigenvalue weighted by Crippen LogP contribution is -2.39. The average Bonchev–Trinajstić information content (AvgIpc) is 3.12. The van der Waals surface area contributed by atoms with Crippen molar-refractivity contribution in [1.29, 1.82) is 0 Å². The van der Waals surface area contributed by atoms with Crippen LogP contribution in [0.15, 0.2) is 15.8 Å². The standard InChI is InChI=1S/C19H29N5O2/c1-5-7-9-11-22-14(3)13-24-15-16(20-18(22)24)21(4)19(26)23(17(15)25)12-10-8-6-2/h13H,5-12H2,1-4H3. The molecule has 7 heteroatoms. The van der Waals surface area contributed by atoms with Gasteiger partial charge in [-0.2, -0.15) is 4.98 Å². The minimum atomic E-state index is -0.284. The molecule has 3 aromatic heterocycles. The number of imidazole rings is 2. The van der Waals surface area contributed by atoms with Crippen molar-refractivity contribution in [2.24, 2.45) is 7.05 Å². The van der Waals surface area contributed by atoms with Crippen molar-refractivity contribution in [3.8, 4) is 0 Å². The van der Waals surface area contributed by atoms with Gasteiger partial charge in [0, 0.05) is 32.0 Å². The normalized spacial score (nSPS) is 11.8. The molecule has 0 amide bonds. The van der Waals surface area contributed by atoms with Crippen molar-refractivity contribution in [3.63, 3.8) is 0 Å². The van der Waals surface area contributed by atoms with Gasteiger partial charge in [0.05, 0.1) is 0 Å². The van der Waals surface area contributed by atoms with E-state index in [4.69, 9.17) is 0 Å². The van der Waals surface area contributed by atoms with Gasteiger partial charge in [0.25, 0.3) is 5.56 Å². The summed E-state index contributed by atoms with van der Waals surface area (Å²) < 4.78 is 6.85. The third kappa shape index (κ3) is 2.99. The van der Waals surface area contributed by atoms with Crippen molar-refractivity contribution in [3.05, 3.63) is 32.7 Å². The molecule has 0 N–H and O–H groups in total. The highest BCUT2D eigenvalue weighted by Gasteiger charge is 2.19. The van der Waals surface area contributed by atoms with E-state index >= 15 is 0 Å². The maximum atomic E-state index is 13.0. The summed E-state index contributed by atoms with van der Waals surface area (Å²) in [5.74, 6) is 0.743. The van der Waals surface area contributed by atoms with Crippen molar-refractivity contribution >= 4 is 16.9 Å². The quantitative estimate of drug-likeness (QED) is 0.581. The number of aromatic nitrogens is 5. The largest absolute Gasteiger partial charge is 0.332 e. The third-order valence-electron chi connectivity index (χ3n) is 5.11. The minimum absolute atomic E-state index is 0.239. The molecular weight excluding hydrogens is 330 g/mol. The lowest BCUT2D eigenvalue weighted by molar-refractivity contribution is 0.550. The molecule has 0 atom stereocenters. The Labute approximate surface area is 152 Å². The molecule has 0 radical (unpaired) electrons. The second-order valence-corrected chi connectivity index (χ2v) is 7.09. The highest BCUT2D eigenvalue weighted by molar-refractivity contribution is 5.75. The smallest absolute Gasteiger partial charge is 0.314 e. The van der Waals surface area contributed by atoms with E-state index in [1.54, 1.807) is 7.05 Å². The zero-order chi connectivity index (χ0) is 18.8. The summed E-state index contributed by atoms with van der Waals surface area (Å²) in [6, 6.07) is 0. The number of aryl methyl sites for hydroxylation is 3. The van der Waals surface area contributed by atoms with E-state index in [0.29, 0.717) is 17.7 Å². The van der Waals surface area contributed by atoms with Crippen LogP contribution in [0.1, 0.15) is 58.1 Å². The summed E-state index contributed by atoms with van der Waals surface area (Å²) >= 11 is 0. The predicted octanol–water partition coefficient (Wildman–Crippen LogP) is 2.84. The van der Waals surface area contributed by atoms with E-state index in [0.717, 1.165) is 56.5 Å². The van der Waals surface area contributed by atoms with Gasteiger partial charge in [0.1, 0.15) is 0 Å². The van der Waals surface area contributed by atoms with Gasteiger partial charge in [0.15, 0.2) is 11.2 Å². The Hall–Kier alpha value is -2.31. The number of rotatable bonds is 8. The van der Waals surface area contributed by atoms with E-state index in [1.165, 1.54) is 9.13 Å². The average molecular weight is 359 g/mol. The summed E-state index contributed by atoms with van der Waals surface area (Å²) in [6.07, 6.45) is 8.23. The van der Waals surface area contributed by atoms with Crippen LogP contribution >= 0.6 is 0 Å². The van der Waals surface area contributed by atoms with Gasteiger partial charge in [-0.25, -0.2) is 4.79 Å². The lowest BCUT2D eigenvalue weighted by atomic mass is 10.2. The maximum Gasteiger partial charge on any atom is 0.332 e. The molecule has 0 fully saturated rings. The molecule has 142 valence electrons. The first-order chi connectivity index (χ1) is 12.5. The van der Waals surface area contributed by atoms with Gasteiger partial charge >= 0.3 is 5.69 Å². The summed E-state index contributed by atoms with van der Waals surface area (Å²) in [6.45, 7) is 7.65. The van der Waals surface area contributed by atoms with E-state index in [9.17, 15) is 9.59 Å². The highest BCUT2D eigenvalue weighted by Crippen LogP contribution is 2.17. The van der Waals surface area contributed by atoms with E-state index in [1.807, 2.05) is 17.5 Å². The van der Waals surface area contributed by atoms with Crippen LogP contribution in [0.4, 0.5) is 0 Å². The van der Waals surface area contributed by atoms with Crippen molar-refractivity contribution in [2.75, 3.05) is 0 Å². The first-order valence-corrected chi connectivity index (χ1v) is 9.69. The first kappa shape index (κ1) is 18.5. The van der Waals surface area contributed by atoms with Crippen LogP contribution < -0.4 is 11.2 Å². The van der Waals surface area contributed by atoms with Crippen LogP contribution in [0.5, 0.6) is 0 Å². The molecule has 0 aliphatic carbocycles. The molecule has 3 heterocycles. The molecule has 3 rings (SSSR count). The van der Waals surface area contributed by atoms with Crippen LogP contribution in [0, 0.1) is 6.92 Å². The Kier molecular flexibility index (Phi) is 5.34. The summed E-state index contributed by atoms with van der Waals surface area (Å²) in [7, 11) is 1.70. The van der Waals surface area contributed by atoms with Crippen molar-refractivity contribution in [1.82, 2.24) is 23.1 Å². The molecule has 0 aliphatic heterocycles. The molecule has 0 saturated carbocycles. The lowest BCUT2D eigenvalue weighted by Gasteiger charge is -2.07. The SMILES string of the molecule is CCCCCn1c(=O)c2c(nc3n(CCCCC)c(C)cn23)n(C)c1=O. The van der Waals surface area contributed by atoms with E-state index in [-0.39, 0.29) is 11.2 Å². The second-order valence-electron chi connectivity index (χ2n) is 7.09. The zero-order valence-electron chi connectivity index (χ0n) is 16.3. The maximum absolute atomic E-state index is 13.0. The van der Waals surface area contributed by atoms with Gasteiger partial charge in [-0.05, 0) is 19.8 Å². The zero-order valence-corrected chi connectivity index (χ0v) is 16.3. The molecule has 0 aromatic carbocycles. The Morgan fingerprint density at radius 1 is 0.962 bits per heavy atom.